The number of rotatable bonds is 5. The van der Waals surface area contributed by atoms with Gasteiger partial charge in [0, 0.05) is 13.2 Å². The van der Waals surface area contributed by atoms with Gasteiger partial charge in [-0.15, -0.1) is 0 Å². The number of nitrogens with zero attached hydrogens (tertiary/aromatic N) is 2. The van der Waals surface area contributed by atoms with E-state index in [-0.39, 0.29) is 0 Å². The number of hydrogen-bond donors (Lipinski definition) is 1. The molecule has 0 bridgehead atoms. The minimum Gasteiger partial charge on any atom is -0.490 e. The van der Waals surface area contributed by atoms with E-state index in [4.69, 9.17) is 21.1 Å². The number of methoxy groups -OCH3 is 1. The molecule has 0 saturated carbocycles. The van der Waals surface area contributed by atoms with Crippen LogP contribution in [-0.4, -0.2) is 36.3 Å². The zero-order chi connectivity index (χ0) is 12.8. The molecular formula is C12H18ClN3O2. The van der Waals surface area contributed by atoms with Crippen LogP contribution in [0.2, 0.25) is 5.15 Å². The minimum absolute atomic E-state index is 0.323. The molecule has 0 aliphatic carbocycles. The molecule has 1 aromatic rings. The standard InChI is InChI=1S/C12H18ClN3O2/c1-17-10-11(13)15-8-16-12(10)14-6-5-9-4-2-3-7-18-9/h8-9H,2-7H2,1H3,(H,14,15,16). The Morgan fingerprint density at radius 2 is 2.39 bits per heavy atom. The van der Waals surface area contributed by atoms with E-state index in [1.165, 1.54) is 19.2 Å². The maximum Gasteiger partial charge on any atom is 0.198 e. The van der Waals surface area contributed by atoms with Crippen LogP contribution in [0.1, 0.15) is 25.7 Å². The van der Waals surface area contributed by atoms with E-state index in [1.54, 1.807) is 7.11 Å². The first-order valence-corrected chi connectivity index (χ1v) is 6.59. The highest BCUT2D eigenvalue weighted by Gasteiger charge is 2.14. The van der Waals surface area contributed by atoms with Gasteiger partial charge >= 0.3 is 0 Å². The summed E-state index contributed by atoms with van der Waals surface area (Å²) >= 11 is 5.92. The fourth-order valence-electron chi connectivity index (χ4n) is 2.05. The van der Waals surface area contributed by atoms with Crippen LogP contribution in [0, 0.1) is 0 Å². The van der Waals surface area contributed by atoms with Crippen molar-refractivity contribution < 1.29 is 9.47 Å². The molecular weight excluding hydrogens is 254 g/mol. The molecule has 0 amide bonds. The Morgan fingerprint density at radius 3 is 3.11 bits per heavy atom. The van der Waals surface area contributed by atoms with Crippen LogP contribution in [0.5, 0.6) is 5.75 Å². The fourth-order valence-corrected chi connectivity index (χ4v) is 2.26. The van der Waals surface area contributed by atoms with Crippen LogP contribution in [0.4, 0.5) is 5.82 Å². The first kappa shape index (κ1) is 13.4. The molecule has 18 heavy (non-hydrogen) atoms. The number of halogens is 1. The summed E-state index contributed by atoms with van der Waals surface area (Å²) in [6.07, 6.45) is 6.32. The monoisotopic (exact) mass is 271 g/mol. The summed E-state index contributed by atoms with van der Waals surface area (Å²) in [5, 5.41) is 3.53. The zero-order valence-electron chi connectivity index (χ0n) is 10.5. The Labute approximate surface area is 112 Å². The van der Waals surface area contributed by atoms with Gasteiger partial charge in [-0.05, 0) is 25.7 Å². The average Bonchev–Trinajstić information content (AvgIpc) is 2.40. The van der Waals surface area contributed by atoms with Crippen molar-refractivity contribution in [2.75, 3.05) is 25.6 Å². The fraction of sp³-hybridized carbons (Fsp3) is 0.667. The van der Waals surface area contributed by atoms with E-state index in [9.17, 15) is 0 Å². The lowest BCUT2D eigenvalue weighted by atomic mass is 10.1. The van der Waals surface area contributed by atoms with E-state index >= 15 is 0 Å². The normalized spacial score (nSPS) is 19.6. The summed E-state index contributed by atoms with van der Waals surface area (Å²) in [6, 6.07) is 0. The molecule has 1 unspecified atom stereocenters. The van der Waals surface area contributed by atoms with Crippen molar-refractivity contribution in [2.24, 2.45) is 0 Å². The van der Waals surface area contributed by atoms with E-state index < -0.39 is 0 Å². The van der Waals surface area contributed by atoms with Gasteiger partial charge < -0.3 is 14.8 Å². The van der Waals surface area contributed by atoms with Crippen molar-refractivity contribution >= 4 is 17.4 Å². The lowest BCUT2D eigenvalue weighted by Crippen LogP contribution is -2.22. The van der Waals surface area contributed by atoms with Crippen molar-refractivity contribution in [1.29, 1.82) is 0 Å². The van der Waals surface area contributed by atoms with E-state index in [0.717, 1.165) is 26.0 Å². The number of anilines is 1. The Morgan fingerprint density at radius 1 is 1.50 bits per heavy atom. The number of aromatic nitrogens is 2. The predicted molar refractivity (Wildman–Crippen MR) is 70.3 cm³/mol. The van der Waals surface area contributed by atoms with Crippen molar-refractivity contribution in [3.8, 4) is 5.75 Å². The topological polar surface area (TPSA) is 56.3 Å². The Bertz CT molecular complexity index is 384. The maximum absolute atomic E-state index is 5.92. The van der Waals surface area contributed by atoms with Gasteiger partial charge in [-0.2, -0.15) is 0 Å². The zero-order valence-corrected chi connectivity index (χ0v) is 11.2. The van der Waals surface area contributed by atoms with E-state index in [1.807, 2.05) is 0 Å². The summed E-state index contributed by atoms with van der Waals surface area (Å²) in [6.45, 7) is 1.67. The second kappa shape index (κ2) is 6.75. The molecule has 5 nitrogen and oxygen atoms in total. The third-order valence-electron chi connectivity index (χ3n) is 3.00. The molecule has 0 aromatic carbocycles. The van der Waals surface area contributed by atoms with Gasteiger partial charge in [0.15, 0.2) is 16.7 Å². The summed E-state index contributed by atoms with van der Waals surface area (Å²) in [7, 11) is 1.56. The quantitative estimate of drug-likeness (QED) is 0.834. The molecule has 0 radical (unpaired) electrons. The smallest absolute Gasteiger partial charge is 0.198 e. The lowest BCUT2D eigenvalue weighted by Gasteiger charge is -2.22. The van der Waals surface area contributed by atoms with Gasteiger partial charge in [-0.25, -0.2) is 9.97 Å². The molecule has 1 fully saturated rings. The highest BCUT2D eigenvalue weighted by molar-refractivity contribution is 6.31. The number of hydrogen-bond acceptors (Lipinski definition) is 5. The first-order chi connectivity index (χ1) is 8.81. The Kier molecular flexibility index (Phi) is 5.01. The Hall–Kier alpha value is -1.07. The third kappa shape index (κ3) is 3.46. The molecule has 1 aliphatic rings. The lowest BCUT2D eigenvalue weighted by molar-refractivity contribution is 0.0134. The highest BCUT2D eigenvalue weighted by atomic mass is 35.5. The SMILES string of the molecule is COc1c(Cl)ncnc1NCCC1CCCCO1. The molecule has 2 heterocycles. The molecule has 1 aliphatic heterocycles. The largest absolute Gasteiger partial charge is 0.490 e. The predicted octanol–water partition coefficient (Wildman–Crippen LogP) is 2.51. The molecule has 1 aromatic heterocycles. The van der Waals surface area contributed by atoms with Crippen LogP contribution < -0.4 is 10.1 Å². The van der Waals surface area contributed by atoms with Gasteiger partial charge in [-0.1, -0.05) is 11.6 Å². The summed E-state index contributed by atoms with van der Waals surface area (Å²) in [4.78, 5) is 7.99. The van der Waals surface area contributed by atoms with Gasteiger partial charge in [0.05, 0.1) is 13.2 Å². The van der Waals surface area contributed by atoms with Crippen LogP contribution >= 0.6 is 11.6 Å². The molecule has 1 atom stereocenters. The third-order valence-corrected chi connectivity index (χ3v) is 3.27. The van der Waals surface area contributed by atoms with Crippen molar-refractivity contribution in [3.63, 3.8) is 0 Å². The molecule has 1 N–H and O–H groups in total. The molecule has 100 valence electrons. The van der Waals surface area contributed by atoms with Crippen LogP contribution in [-0.2, 0) is 4.74 Å². The van der Waals surface area contributed by atoms with E-state index in [2.05, 4.69) is 15.3 Å². The van der Waals surface area contributed by atoms with Crippen molar-refractivity contribution in [3.05, 3.63) is 11.5 Å². The van der Waals surface area contributed by atoms with Crippen molar-refractivity contribution in [1.82, 2.24) is 9.97 Å². The average molecular weight is 272 g/mol. The second-order valence-electron chi connectivity index (χ2n) is 4.25. The van der Waals surface area contributed by atoms with E-state index in [0.29, 0.717) is 22.8 Å². The molecule has 1 saturated heterocycles. The van der Waals surface area contributed by atoms with Gasteiger partial charge in [0.1, 0.15) is 6.33 Å². The van der Waals surface area contributed by atoms with Gasteiger partial charge in [0.2, 0.25) is 0 Å². The van der Waals surface area contributed by atoms with Gasteiger partial charge in [-0.3, -0.25) is 0 Å². The maximum atomic E-state index is 5.92. The summed E-state index contributed by atoms with van der Waals surface area (Å²) in [5.41, 5.74) is 0. The second-order valence-corrected chi connectivity index (χ2v) is 4.61. The minimum atomic E-state index is 0.323. The van der Waals surface area contributed by atoms with Crippen molar-refractivity contribution in [2.45, 2.75) is 31.8 Å². The number of ether oxygens (including phenoxy) is 2. The van der Waals surface area contributed by atoms with Crippen LogP contribution in [0.25, 0.3) is 0 Å². The molecule has 2 rings (SSSR count). The Balaban J connectivity index is 1.84. The summed E-state index contributed by atoms with van der Waals surface area (Å²) < 4.78 is 10.8. The van der Waals surface area contributed by atoms with Crippen LogP contribution in [0.3, 0.4) is 0 Å². The highest BCUT2D eigenvalue weighted by Crippen LogP contribution is 2.28. The molecule has 0 spiro atoms. The first-order valence-electron chi connectivity index (χ1n) is 6.21. The summed E-state index contributed by atoms with van der Waals surface area (Å²) in [5.74, 6) is 1.12. The van der Waals surface area contributed by atoms with Crippen LogP contribution in [0.15, 0.2) is 6.33 Å². The molecule has 6 heteroatoms. The van der Waals surface area contributed by atoms with Gasteiger partial charge in [0.25, 0.3) is 0 Å². The number of nitrogens with one attached hydrogen (secondary N) is 1.